The van der Waals surface area contributed by atoms with Gasteiger partial charge in [0.25, 0.3) is 0 Å². The van der Waals surface area contributed by atoms with Crippen LogP contribution >= 0.6 is 27.3 Å². The molecule has 0 fully saturated rings. The van der Waals surface area contributed by atoms with E-state index in [0.717, 1.165) is 14.9 Å². The van der Waals surface area contributed by atoms with Crippen LogP contribution in [0, 0.1) is 0 Å². The van der Waals surface area contributed by atoms with E-state index in [4.69, 9.17) is 0 Å². The minimum absolute atomic E-state index is 0.322. The molecule has 1 N–H and O–H groups in total. The Labute approximate surface area is 111 Å². The van der Waals surface area contributed by atoms with Crippen molar-refractivity contribution in [1.29, 1.82) is 0 Å². The lowest BCUT2D eigenvalue weighted by Gasteiger charge is -2.00. The maximum Gasteiger partial charge on any atom is 0.337 e. The maximum atomic E-state index is 11.2. The van der Waals surface area contributed by atoms with Gasteiger partial charge in [0, 0.05) is 9.35 Å². The third kappa shape index (κ3) is 3.05. The molecule has 2 rings (SSSR count). The molecule has 0 spiro atoms. The van der Waals surface area contributed by atoms with Gasteiger partial charge in [0.15, 0.2) is 0 Å². The Hall–Kier alpha value is -1.39. The van der Waals surface area contributed by atoms with Gasteiger partial charge in [0.1, 0.15) is 0 Å². The Balaban J connectivity index is 2.40. The molecule has 0 atom stereocenters. The van der Waals surface area contributed by atoms with E-state index in [9.17, 15) is 9.90 Å². The van der Waals surface area contributed by atoms with Crippen LogP contribution in [-0.2, 0) is 4.79 Å². The number of carbonyl (C=O) groups is 1. The van der Waals surface area contributed by atoms with Crippen LogP contribution < -0.4 is 0 Å². The molecular weight excluding hydrogens is 300 g/mol. The Bertz CT molecular complexity index is 541. The molecule has 0 aliphatic rings. The van der Waals surface area contributed by atoms with Gasteiger partial charge in [-0.2, -0.15) is 0 Å². The molecule has 0 saturated carbocycles. The molecule has 0 amide bonds. The van der Waals surface area contributed by atoms with Crippen LogP contribution in [-0.4, -0.2) is 11.1 Å². The normalized spacial score (nSPS) is 11.5. The molecular formula is C13H9BrO2S. The molecule has 1 aromatic carbocycles. The number of rotatable bonds is 3. The van der Waals surface area contributed by atoms with Crippen molar-refractivity contribution in [1.82, 2.24) is 0 Å². The highest BCUT2D eigenvalue weighted by atomic mass is 79.9. The maximum absolute atomic E-state index is 11.2. The van der Waals surface area contributed by atoms with Crippen LogP contribution in [0.25, 0.3) is 11.6 Å². The fourth-order valence-corrected chi connectivity index (χ4v) is 2.39. The van der Waals surface area contributed by atoms with Crippen molar-refractivity contribution in [2.75, 3.05) is 0 Å². The molecule has 0 aliphatic carbocycles. The quantitative estimate of drug-likeness (QED) is 0.865. The molecule has 0 bridgehead atoms. The molecule has 2 aromatic rings. The summed E-state index contributed by atoms with van der Waals surface area (Å²) in [5, 5.41) is 11.1. The summed E-state index contributed by atoms with van der Waals surface area (Å²) >= 11 is 4.77. The second-order valence-corrected chi connectivity index (χ2v) is 5.26. The molecule has 17 heavy (non-hydrogen) atoms. The van der Waals surface area contributed by atoms with E-state index in [2.05, 4.69) is 15.9 Å². The first kappa shape index (κ1) is 12.1. The Morgan fingerprint density at radius 3 is 2.47 bits per heavy atom. The predicted octanol–water partition coefficient (Wildman–Crippen LogP) is 4.14. The highest BCUT2D eigenvalue weighted by molar-refractivity contribution is 9.10. The molecule has 1 aromatic heterocycles. The van der Waals surface area contributed by atoms with Crippen molar-refractivity contribution in [3.63, 3.8) is 0 Å². The average Bonchev–Trinajstić information content (AvgIpc) is 2.81. The van der Waals surface area contributed by atoms with Crippen LogP contribution in [0.1, 0.15) is 10.4 Å². The van der Waals surface area contributed by atoms with Gasteiger partial charge in [0.05, 0.1) is 5.57 Å². The fourth-order valence-electron chi connectivity index (χ4n) is 1.40. The highest BCUT2D eigenvalue weighted by Gasteiger charge is 2.10. The second kappa shape index (κ2) is 5.29. The third-order valence-electron chi connectivity index (χ3n) is 2.20. The van der Waals surface area contributed by atoms with Crippen molar-refractivity contribution < 1.29 is 9.90 Å². The number of thiophene rings is 1. The Morgan fingerprint density at radius 2 is 1.94 bits per heavy atom. The monoisotopic (exact) mass is 308 g/mol. The zero-order chi connectivity index (χ0) is 12.3. The average molecular weight is 309 g/mol. The lowest BCUT2D eigenvalue weighted by Crippen LogP contribution is -1.97. The molecule has 0 radical (unpaired) electrons. The van der Waals surface area contributed by atoms with E-state index in [-0.39, 0.29) is 0 Å². The third-order valence-corrected chi connectivity index (χ3v) is 3.63. The lowest BCUT2D eigenvalue weighted by molar-refractivity contribution is -0.130. The van der Waals surface area contributed by atoms with E-state index in [1.54, 1.807) is 6.08 Å². The van der Waals surface area contributed by atoms with E-state index in [1.807, 2.05) is 41.8 Å². The summed E-state index contributed by atoms with van der Waals surface area (Å²) in [6, 6.07) is 11.2. The Morgan fingerprint density at radius 1 is 1.24 bits per heavy atom. The molecule has 0 unspecified atom stereocenters. The van der Waals surface area contributed by atoms with Gasteiger partial charge < -0.3 is 5.11 Å². The topological polar surface area (TPSA) is 37.3 Å². The van der Waals surface area contributed by atoms with Crippen LogP contribution in [0.3, 0.4) is 0 Å². The van der Waals surface area contributed by atoms with Crippen molar-refractivity contribution in [2.45, 2.75) is 0 Å². The molecule has 86 valence electrons. The zero-order valence-corrected chi connectivity index (χ0v) is 11.2. The van der Waals surface area contributed by atoms with E-state index in [1.165, 1.54) is 11.3 Å². The van der Waals surface area contributed by atoms with Crippen molar-refractivity contribution in [2.24, 2.45) is 0 Å². The van der Waals surface area contributed by atoms with E-state index in [0.29, 0.717) is 5.57 Å². The van der Waals surface area contributed by atoms with Crippen LogP contribution in [0.2, 0.25) is 0 Å². The summed E-state index contributed by atoms with van der Waals surface area (Å²) in [5.41, 5.74) is 1.20. The summed E-state index contributed by atoms with van der Waals surface area (Å²) in [6.07, 6.45) is 1.68. The summed E-state index contributed by atoms with van der Waals surface area (Å²) in [7, 11) is 0. The predicted molar refractivity (Wildman–Crippen MR) is 74.0 cm³/mol. The molecule has 0 saturated heterocycles. The van der Waals surface area contributed by atoms with Crippen LogP contribution in [0.5, 0.6) is 0 Å². The van der Waals surface area contributed by atoms with Crippen LogP contribution in [0.15, 0.2) is 46.3 Å². The zero-order valence-electron chi connectivity index (χ0n) is 8.76. The van der Waals surface area contributed by atoms with Gasteiger partial charge in [-0.05, 0) is 35.2 Å². The molecule has 2 nitrogen and oxygen atoms in total. The van der Waals surface area contributed by atoms with Gasteiger partial charge >= 0.3 is 5.97 Å². The SMILES string of the molecule is O=C(O)/C(=C\c1ccc(Br)cc1)c1cccs1. The highest BCUT2D eigenvalue weighted by Crippen LogP contribution is 2.23. The first-order valence-corrected chi connectivity index (χ1v) is 6.58. The number of aliphatic carboxylic acids is 1. The van der Waals surface area contributed by atoms with E-state index < -0.39 is 5.97 Å². The number of carboxylic acid groups (broad SMARTS) is 1. The molecule has 0 aliphatic heterocycles. The number of hydrogen-bond acceptors (Lipinski definition) is 2. The number of benzene rings is 1. The molecule has 1 heterocycles. The summed E-state index contributed by atoms with van der Waals surface area (Å²) < 4.78 is 0.975. The van der Waals surface area contributed by atoms with E-state index >= 15 is 0 Å². The summed E-state index contributed by atoms with van der Waals surface area (Å²) in [5.74, 6) is -0.907. The van der Waals surface area contributed by atoms with Gasteiger partial charge in [-0.25, -0.2) is 4.79 Å². The first-order chi connectivity index (χ1) is 8.16. The summed E-state index contributed by atoms with van der Waals surface area (Å²) in [6.45, 7) is 0. The molecule has 4 heteroatoms. The minimum atomic E-state index is -0.907. The Kier molecular flexibility index (Phi) is 3.76. The number of hydrogen-bond donors (Lipinski definition) is 1. The largest absolute Gasteiger partial charge is 0.478 e. The smallest absolute Gasteiger partial charge is 0.337 e. The lowest BCUT2D eigenvalue weighted by atomic mass is 10.1. The summed E-state index contributed by atoms with van der Waals surface area (Å²) in [4.78, 5) is 12.0. The van der Waals surface area contributed by atoms with Crippen LogP contribution in [0.4, 0.5) is 0 Å². The van der Waals surface area contributed by atoms with Crippen molar-refractivity contribution in [3.05, 3.63) is 56.7 Å². The number of carboxylic acids is 1. The second-order valence-electron chi connectivity index (χ2n) is 3.39. The first-order valence-electron chi connectivity index (χ1n) is 4.91. The number of halogens is 1. The van der Waals surface area contributed by atoms with Crippen molar-refractivity contribution >= 4 is 44.9 Å². The van der Waals surface area contributed by atoms with Gasteiger partial charge in [-0.15, -0.1) is 11.3 Å². The van der Waals surface area contributed by atoms with Gasteiger partial charge in [-0.3, -0.25) is 0 Å². The standard InChI is InChI=1S/C13H9BrO2S/c14-10-5-3-9(4-6-10)8-11(13(15)16)12-2-1-7-17-12/h1-8H,(H,15,16)/b11-8-. The van der Waals surface area contributed by atoms with Gasteiger partial charge in [-0.1, -0.05) is 34.1 Å². The fraction of sp³-hybridized carbons (Fsp3) is 0. The van der Waals surface area contributed by atoms with Crippen molar-refractivity contribution in [3.8, 4) is 0 Å². The van der Waals surface area contributed by atoms with Gasteiger partial charge in [0.2, 0.25) is 0 Å². The minimum Gasteiger partial charge on any atom is -0.478 e.